The van der Waals surface area contributed by atoms with Crippen LogP contribution in [0.25, 0.3) is 0 Å². The standard InChI is InChI=1S/C27H40N4O6/c1-7-23(33)28-12-14-30-21-15-19(10-11-22(21)37-27(5,6)26(30)36)25(35)31(17(2)3)20-9-8-13-29(16-20)24(34)18(4)32/h10-11,15,17-18,20,32H,7-9,12-14,16H2,1-6H3,(H,28,33)/t18-,20+/m0/s1. The second-order valence-corrected chi connectivity index (χ2v) is 10.5. The summed E-state index contributed by atoms with van der Waals surface area (Å²) in [5.74, 6) is -0.405. The highest BCUT2D eigenvalue weighted by molar-refractivity contribution is 6.04. The molecule has 0 aromatic heterocycles. The third-order valence-corrected chi connectivity index (χ3v) is 6.85. The van der Waals surface area contributed by atoms with Crippen LogP contribution in [0.3, 0.4) is 0 Å². The number of nitrogens with zero attached hydrogens (tertiary/aromatic N) is 3. The van der Waals surface area contributed by atoms with E-state index in [4.69, 9.17) is 4.74 Å². The van der Waals surface area contributed by atoms with Gasteiger partial charge in [-0.15, -0.1) is 0 Å². The Morgan fingerprint density at radius 2 is 1.95 bits per heavy atom. The molecule has 1 aromatic carbocycles. The number of aliphatic hydroxyl groups is 1. The molecule has 0 spiro atoms. The first-order valence-corrected chi connectivity index (χ1v) is 13.1. The molecular weight excluding hydrogens is 476 g/mol. The fraction of sp³-hybridized carbons (Fsp3) is 0.630. The molecule has 1 fully saturated rings. The van der Waals surface area contributed by atoms with Crippen molar-refractivity contribution in [1.82, 2.24) is 15.1 Å². The average molecular weight is 517 g/mol. The molecule has 0 bridgehead atoms. The van der Waals surface area contributed by atoms with Crippen LogP contribution in [-0.2, 0) is 14.4 Å². The zero-order chi connectivity index (χ0) is 27.5. The lowest BCUT2D eigenvalue weighted by atomic mass is 9.99. The van der Waals surface area contributed by atoms with Gasteiger partial charge in [0, 0.05) is 50.2 Å². The summed E-state index contributed by atoms with van der Waals surface area (Å²) in [5.41, 5.74) is -0.191. The number of carbonyl (C=O) groups excluding carboxylic acids is 4. The van der Waals surface area contributed by atoms with E-state index in [2.05, 4.69) is 5.32 Å². The molecule has 0 unspecified atom stereocenters. The molecule has 2 aliphatic rings. The maximum atomic E-state index is 13.8. The quantitative estimate of drug-likeness (QED) is 0.545. The van der Waals surface area contributed by atoms with Gasteiger partial charge in [0.2, 0.25) is 5.91 Å². The highest BCUT2D eigenvalue weighted by Crippen LogP contribution is 2.38. The number of benzene rings is 1. The van der Waals surface area contributed by atoms with Crippen LogP contribution in [0.2, 0.25) is 0 Å². The van der Waals surface area contributed by atoms with Gasteiger partial charge in [-0.2, -0.15) is 0 Å². The molecule has 2 aliphatic heterocycles. The van der Waals surface area contributed by atoms with Crippen LogP contribution >= 0.6 is 0 Å². The molecule has 37 heavy (non-hydrogen) atoms. The fourth-order valence-corrected chi connectivity index (χ4v) is 4.97. The summed E-state index contributed by atoms with van der Waals surface area (Å²) in [6, 6.07) is 4.74. The van der Waals surface area contributed by atoms with Crippen molar-refractivity contribution >= 4 is 29.3 Å². The summed E-state index contributed by atoms with van der Waals surface area (Å²) in [7, 11) is 0. The Morgan fingerprint density at radius 1 is 1.24 bits per heavy atom. The van der Waals surface area contributed by atoms with Gasteiger partial charge < -0.3 is 29.9 Å². The summed E-state index contributed by atoms with van der Waals surface area (Å²) in [6.45, 7) is 11.9. The third-order valence-electron chi connectivity index (χ3n) is 6.85. The number of anilines is 1. The number of nitrogens with one attached hydrogen (secondary N) is 1. The maximum Gasteiger partial charge on any atom is 0.270 e. The number of carbonyl (C=O) groups is 4. The summed E-state index contributed by atoms with van der Waals surface area (Å²) in [5, 5.41) is 12.6. The van der Waals surface area contributed by atoms with Crippen LogP contribution in [0.15, 0.2) is 18.2 Å². The average Bonchev–Trinajstić information content (AvgIpc) is 2.85. The molecule has 10 heteroatoms. The van der Waals surface area contributed by atoms with Crippen molar-refractivity contribution in [3.05, 3.63) is 23.8 Å². The molecule has 10 nitrogen and oxygen atoms in total. The first kappa shape index (κ1) is 28.4. The first-order chi connectivity index (χ1) is 17.4. The van der Waals surface area contributed by atoms with Crippen molar-refractivity contribution in [3.63, 3.8) is 0 Å². The van der Waals surface area contributed by atoms with E-state index in [1.807, 2.05) is 13.8 Å². The Kier molecular flexibility index (Phi) is 8.84. The molecule has 1 aromatic rings. The van der Waals surface area contributed by atoms with Crippen LogP contribution in [0.4, 0.5) is 5.69 Å². The molecule has 2 N–H and O–H groups in total. The Labute approximate surface area is 218 Å². The van der Waals surface area contributed by atoms with Crippen molar-refractivity contribution in [2.24, 2.45) is 0 Å². The Hall–Kier alpha value is -3.14. The molecule has 3 rings (SSSR count). The van der Waals surface area contributed by atoms with Crippen LogP contribution in [0.1, 0.15) is 71.2 Å². The molecule has 0 radical (unpaired) electrons. The smallest absolute Gasteiger partial charge is 0.270 e. The fourth-order valence-electron chi connectivity index (χ4n) is 4.97. The number of aliphatic hydroxyl groups excluding tert-OH is 1. The zero-order valence-electron chi connectivity index (χ0n) is 22.7. The number of fused-ring (bicyclic) bond motifs is 1. The van der Waals surface area contributed by atoms with E-state index in [0.717, 1.165) is 12.8 Å². The highest BCUT2D eigenvalue weighted by Gasteiger charge is 2.41. The van der Waals surface area contributed by atoms with Gasteiger partial charge >= 0.3 is 0 Å². The van der Waals surface area contributed by atoms with E-state index >= 15 is 0 Å². The topological polar surface area (TPSA) is 119 Å². The number of ether oxygens (including phenoxy) is 1. The van der Waals surface area contributed by atoms with Crippen molar-refractivity contribution in [2.75, 3.05) is 31.1 Å². The predicted molar refractivity (Wildman–Crippen MR) is 139 cm³/mol. The minimum Gasteiger partial charge on any atom is -0.476 e. The van der Waals surface area contributed by atoms with Gasteiger partial charge in [0.1, 0.15) is 11.9 Å². The van der Waals surface area contributed by atoms with Gasteiger partial charge in [0.25, 0.3) is 17.7 Å². The number of rotatable bonds is 8. The Bertz CT molecular complexity index is 1040. The van der Waals surface area contributed by atoms with E-state index in [1.165, 1.54) is 6.92 Å². The second-order valence-electron chi connectivity index (χ2n) is 10.5. The lowest BCUT2D eigenvalue weighted by Crippen LogP contribution is -2.55. The number of amides is 4. The minimum absolute atomic E-state index is 0.104. The van der Waals surface area contributed by atoms with Gasteiger partial charge in [-0.25, -0.2) is 0 Å². The molecule has 4 amide bonds. The summed E-state index contributed by atoms with van der Waals surface area (Å²) >= 11 is 0. The third kappa shape index (κ3) is 6.23. The number of piperidine rings is 1. The summed E-state index contributed by atoms with van der Waals surface area (Å²) in [4.78, 5) is 56.1. The van der Waals surface area contributed by atoms with E-state index in [-0.39, 0.29) is 48.8 Å². The number of hydrogen-bond acceptors (Lipinski definition) is 6. The molecule has 0 saturated carbocycles. The van der Waals surface area contributed by atoms with Crippen LogP contribution in [-0.4, -0.2) is 88.5 Å². The first-order valence-electron chi connectivity index (χ1n) is 13.1. The normalized spacial score (nSPS) is 19.7. The SMILES string of the molecule is CCC(=O)NCCN1C(=O)C(C)(C)Oc2ccc(C(=O)N(C(C)C)[C@@H]3CCCN(C(=O)[C@H](C)O)C3)cc21. The van der Waals surface area contributed by atoms with Crippen LogP contribution < -0.4 is 15.0 Å². The van der Waals surface area contributed by atoms with Gasteiger partial charge in [-0.3, -0.25) is 19.2 Å². The lowest BCUT2D eigenvalue weighted by molar-refractivity contribution is -0.141. The van der Waals surface area contributed by atoms with E-state index in [9.17, 15) is 24.3 Å². The van der Waals surface area contributed by atoms with Crippen molar-refractivity contribution in [3.8, 4) is 5.75 Å². The predicted octanol–water partition coefficient (Wildman–Crippen LogP) is 1.94. The summed E-state index contributed by atoms with van der Waals surface area (Å²) in [6.07, 6.45) is 0.748. The Balaban J connectivity index is 1.89. The lowest BCUT2D eigenvalue weighted by Gasteiger charge is -2.42. The van der Waals surface area contributed by atoms with Gasteiger partial charge in [0.05, 0.1) is 5.69 Å². The largest absolute Gasteiger partial charge is 0.476 e. The number of hydrogen-bond donors (Lipinski definition) is 2. The van der Waals surface area contributed by atoms with E-state index in [0.29, 0.717) is 36.5 Å². The van der Waals surface area contributed by atoms with Gasteiger partial charge in [-0.1, -0.05) is 6.92 Å². The Morgan fingerprint density at radius 3 is 2.57 bits per heavy atom. The van der Waals surface area contributed by atoms with Crippen molar-refractivity contribution in [2.45, 2.75) is 84.6 Å². The van der Waals surface area contributed by atoms with Crippen molar-refractivity contribution in [1.29, 1.82) is 0 Å². The monoisotopic (exact) mass is 516 g/mol. The molecule has 2 atom stereocenters. The van der Waals surface area contributed by atoms with E-state index < -0.39 is 11.7 Å². The maximum absolute atomic E-state index is 13.8. The van der Waals surface area contributed by atoms with Crippen LogP contribution in [0, 0.1) is 0 Å². The van der Waals surface area contributed by atoms with Crippen LogP contribution in [0.5, 0.6) is 5.75 Å². The summed E-state index contributed by atoms with van der Waals surface area (Å²) < 4.78 is 5.96. The molecule has 204 valence electrons. The van der Waals surface area contributed by atoms with E-state index in [1.54, 1.807) is 53.7 Å². The molecular formula is C27H40N4O6. The molecule has 0 aliphatic carbocycles. The molecule has 1 saturated heterocycles. The van der Waals surface area contributed by atoms with Gasteiger partial charge in [0.15, 0.2) is 5.60 Å². The molecule has 2 heterocycles. The van der Waals surface area contributed by atoms with Gasteiger partial charge in [-0.05, 0) is 65.7 Å². The number of likely N-dealkylation sites (tertiary alicyclic amines) is 1. The minimum atomic E-state index is -1.09. The second kappa shape index (κ2) is 11.5. The zero-order valence-corrected chi connectivity index (χ0v) is 22.7. The van der Waals surface area contributed by atoms with Crippen molar-refractivity contribution < 1.29 is 29.0 Å². The highest BCUT2D eigenvalue weighted by atomic mass is 16.5.